The number of oxazole rings is 1. The first-order valence-electron chi connectivity index (χ1n) is 10.2. The third-order valence-electron chi connectivity index (χ3n) is 4.65. The largest absolute Gasteiger partial charge is 0.444 e. The Labute approximate surface area is 181 Å². The van der Waals surface area contributed by atoms with Crippen LogP contribution < -0.4 is 10.2 Å². The smallest absolute Gasteiger partial charge is 0.407 e. The molecule has 1 aliphatic carbocycles. The normalized spacial score (nSPS) is 14.5. The maximum absolute atomic E-state index is 11.9. The van der Waals surface area contributed by atoms with Gasteiger partial charge < -0.3 is 19.4 Å². The SMILES string of the molecule is CC(C)(C)OC(=O)NCCN(CCC1=CC(=O)CCC1)c1nc2cc(Cl)ccc2o1. The van der Waals surface area contributed by atoms with Gasteiger partial charge in [0.2, 0.25) is 0 Å². The highest BCUT2D eigenvalue weighted by Gasteiger charge is 2.19. The summed E-state index contributed by atoms with van der Waals surface area (Å²) in [6.45, 7) is 6.94. The highest BCUT2D eigenvalue weighted by Crippen LogP contribution is 2.26. The van der Waals surface area contributed by atoms with Crippen molar-refractivity contribution in [3.63, 3.8) is 0 Å². The number of ketones is 1. The van der Waals surface area contributed by atoms with Gasteiger partial charge in [0.1, 0.15) is 11.1 Å². The Balaban J connectivity index is 1.68. The van der Waals surface area contributed by atoms with Gasteiger partial charge in [-0.25, -0.2) is 4.79 Å². The number of rotatable bonds is 7. The van der Waals surface area contributed by atoms with Gasteiger partial charge >= 0.3 is 6.09 Å². The number of allylic oxidation sites excluding steroid dienone is 1. The van der Waals surface area contributed by atoms with Crippen LogP contribution >= 0.6 is 11.6 Å². The van der Waals surface area contributed by atoms with Crippen molar-refractivity contribution in [1.29, 1.82) is 0 Å². The van der Waals surface area contributed by atoms with Gasteiger partial charge in [-0.2, -0.15) is 4.98 Å². The number of ether oxygens (including phenoxy) is 1. The predicted molar refractivity (Wildman–Crippen MR) is 117 cm³/mol. The Morgan fingerprint density at radius 2 is 2.10 bits per heavy atom. The molecule has 1 aromatic carbocycles. The molecule has 30 heavy (non-hydrogen) atoms. The van der Waals surface area contributed by atoms with Crippen molar-refractivity contribution in [3.8, 4) is 0 Å². The van der Waals surface area contributed by atoms with E-state index in [0.29, 0.717) is 48.2 Å². The summed E-state index contributed by atoms with van der Waals surface area (Å²) >= 11 is 6.06. The van der Waals surface area contributed by atoms with Crippen molar-refractivity contribution < 1.29 is 18.7 Å². The molecule has 0 aliphatic heterocycles. The molecule has 0 atom stereocenters. The summed E-state index contributed by atoms with van der Waals surface area (Å²) in [7, 11) is 0. The van der Waals surface area contributed by atoms with Crippen molar-refractivity contribution in [2.24, 2.45) is 0 Å². The fraction of sp³-hybridized carbons (Fsp3) is 0.500. The standard InChI is InChI=1S/C22H28ClN3O4/c1-22(2,3)30-21(28)24-10-12-26(11-9-15-5-4-6-17(27)13-15)20-25-18-14-16(23)7-8-19(18)29-20/h7-8,13-14H,4-6,9-12H2,1-3H3,(H,24,28). The van der Waals surface area contributed by atoms with Crippen molar-refractivity contribution in [2.45, 2.75) is 52.1 Å². The van der Waals surface area contributed by atoms with Crippen LogP contribution in [-0.4, -0.2) is 42.1 Å². The van der Waals surface area contributed by atoms with E-state index in [1.165, 1.54) is 0 Å². The second-order valence-corrected chi connectivity index (χ2v) is 8.83. The summed E-state index contributed by atoms with van der Waals surface area (Å²) in [6, 6.07) is 5.75. The Bertz CT molecular complexity index is 945. The van der Waals surface area contributed by atoms with Gasteiger partial charge in [0.05, 0.1) is 0 Å². The van der Waals surface area contributed by atoms with Crippen LogP contribution in [0.4, 0.5) is 10.8 Å². The Hall–Kier alpha value is -2.54. The number of fused-ring (bicyclic) bond motifs is 1. The summed E-state index contributed by atoms with van der Waals surface area (Å²) < 4.78 is 11.2. The van der Waals surface area contributed by atoms with Crippen LogP contribution in [0.2, 0.25) is 5.02 Å². The Morgan fingerprint density at radius 3 is 2.83 bits per heavy atom. The quantitative estimate of drug-likeness (QED) is 0.669. The first-order chi connectivity index (χ1) is 14.2. The van der Waals surface area contributed by atoms with Gasteiger partial charge in [-0.1, -0.05) is 17.2 Å². The molecule has 1 aliphatic rings. The van der Waals surface area contributed by atoms with E-state index in [1.807, 2.05) is 25.7 Å². The number of benzene rings is 1. The minimum Gasteiger partial charge on any atom is -0.444 e. The number of halogens is 1. The van der Waals surface area contributed by atoms with Crippen LogP contribution in [0.1, 0.15) is 46.5 Å². The summed E-state index contributed by atoms with van der Waals surface area (Å²) in [5, 5.41) is 3.35. The molecule has 0 radical (unpaired) electrons. The van der Waals surface area contributed by atoms with E-state index in [9.17, 15) is 9.59 Å². The molecule has 8 heteroatoms. The Kier molecular flexibility index (Phi) is 7.02. The zero-order valence-electron chi connectivity index (χ0n) is 17.7. The first kappa shape index (κ1) is 22.2. The topological polar surface area (TPSA) is 84.7 Å². The second-order valence-electron chi connectivity index (χ2n) is 8.40. The van der Waals surface area contributed by atoms with E-state index >= 15 is 0 Å². The van der Waals surface area contributed by atoms with Gasteiger partial charge in [-0.05, 0) is 64.3 Å². The second kappa shape index (κ2) is 9.51. The number of aromatic nitrogens is 1. The molecule has 1 amide bonds. The first-order valence-corrected chi connectivity index (χ1v) is 10.6. The summed E-state index contributed by atoms with van der Waals surface area (Å²) in [5.74, 6) is 0.186. The maximum atomic E-state index is 11.9. The van der Waals surface area contributed by atoms with E-state index in [2.05, 4.69) is 10.3 Å². The van der Waals surface area contributed by atoms with Crippen molar-refractivity contribution >= 4 is 40.6 Å². The number of anilines is 1. The predicted octanol–water partition coefficient (Wildman–Crippen LogP) is 4.88. The van der Waals surface area contributed by atoms with Crippen LogP contribution in [0.15, 0.2) is 34.3 Å². The number of alkyl carbamates (subject to hydrolysis) is 1. The molecule has 0 saturated carbocycles. The van der Waals surface area contributed by atoms with Gasteiger partial charge in [-0.3, -0.25) is 4.79 Å². The number of amides is 1. The lowest BCUT2D eigenvalue weighted by Gasteiger charge is -2.23. The molecule has 1 N–H and O–H groups in total. The number of hydrogen-bond donors (Lipinski definition) is 1. The fourth-order valence-electron chi connectivity index (χ4n) is 3.27. The minimum absolute atomic E-state index is 0.186. The third-order valence-corrected chi connectivity index (χ3v) is 4.88. The summed E-state index contributed by atoms with van der Waals surface area (Å²) in [6.07, 6.45) is 4.47. The van der Waals surface area contributed by atoms with Crippen molar-refractivity contribution in [2.75, 3.05) is 24.5 Å². The molecule has 7 nitrogen and oxygen atoms in total. The van der Waals surface area contributed by atoms with Crippen molar-refractivity contribution in [1.82, 2.24) is 10.3 Å². The molecule has 1 aromatic heterocycles. The third kappa shape index (κ3) is 6.49. The molecule has 2 aromatic rings. The molecule has 0 fully saturated rings. The van der Waals surface area contributed by atoms with Crippen molar-refractivity contribution in [3.05, 3.63) is 34.9 Å². The lowest BCUT2D eigenvalue weighted by Crippen LogP contribution is -2.38. The van der Waals surface area contributed by atoms with Crippen LogP contribution in [0.3, 0.4) is 0 Å². The minimum atomic E-state index is -0.552. The number of nitrogens with one attached hydrogen (secondary N) is 1. The zero-order valence-corrected chi connectivity index (χ0v) is 18.4. The molecular weight excluding hydrogens is 406 g/mol. The molecule has 1 heterocycles. The number of nitrogens with zero attached hydrogens (tertiary/aromatic N) is 2. The average molecular weight is 434 g/mol. The molecule has 0 bridgehead atoms. The lowest BCUT2D eigenvalue weighted by molar-refractivity contribution is -0.115. The lowest BCUT2D eigenvalue weighted by atomic mass is 9.96. The van der Waals surface area contributed by atoms with Crippen LogP contribution in [0, 0.1) is 0 Å². The highest BCUT2D eigenvalue weighted by molar-refractivity contribution is 6.31. The van der Waals surface area contributed by atoms with E-state index in [-0.39, 0.29) is 5.78 Å². The van der Waals surface area contributed by atoms with Gasteiger partial charge in [-0.15, -0.1) is 0 Å². The van der Waals surface area contributed by atoms with Gasteiger partial charge in [0.25, 0.3) is 6.01 Å². The zero-order chi connectivity index (χ0) is 21.7. The molecule has 0 unspecified atom stereocenters. The molecule has 0 spiro atoms. The highest BCUT2D eigenvalue weighted by atomic mass is 35.5. The number of carbonyl (C=O) groups is 2. The van der Waals surface area contributed by atoms with Gasteiger partial charge in [0, 0.05) is 31.1 Å². The molecule has 3 rings (SSSR count). The van der Waals surface area contributed by atoms with E-state index in [0.717, 1.165) is 24.8 Å². The fourth-order valence-corrected chi connectivity index (χ4v) is 3.44. The number of carbonyl (C=O) groups excluding carboxylic acids is 2. The monoisotopic (exact) mass is 433 g/mol. The van der Waals surface area contributed by atoms with E-state index in [4.69, 9.17) is 20.8 Å². The van der Waals surface area contributed by atoms with Gasteiger partial charge in [0.15, 0.2) is 11.4 Å². The van der Waals surface area contributed by atoms with E-state index < -0.39 is 11.7 Å². The maximum Gasteiger partial charge on any atom is 0.407 e. The average Bonchev–Trinajstić information content (AvgIpc) is 3.06. The van der Waals surface area contributed by atoms with Crippen LogP contribution in [0.5, 0.6) is 0 Å². The van der Waals surface area contributed by atoms with Crippen LogP contribution in [0.25, 0.3) is 11.1 Å². The van der Waals surface area contributed by atoms with Crippen LogP contribution in [-0.2, 0) is 9.53 Å². The number of hydrogen-bond acceptors (Lipinski definition) is 6. The summed E-state index contributed by atoms with van der Waals surface area (Å²) in [4.78, 5) is 30.2. The molecule has 162 valence electrons. The Morgan fingerprint density at radius 1 is 1.30 bits per heavy atom. The molecular formula is C22H28ClN3O4. The van der Waals surface area contributed by atoms with E-state index in [1.54, 1.807) is 24.3 Å². The summed E-state index contributed by atoms with van der Waals surface area (Å²) in [5.41, 5.74) is 1.90. The molecule has 0 saturated heterocycles.